The predicted octanol–water partition coefficient (Wildman–Crippen LogP) is 1.36. The molecule has 1 fully saturated rings. The van der Waals surface area contributed by atoms with Gasteiger partial charge in [0.15, 0.2) is 5.96 Å². The summed E-state index contributed by atoms with van der Waals surface area (Å²) in [6, 6.07) is 9.88. The molecule has 1 aliphatic rings. The molecule has 4 nitrogen and oxygen atoms in total. The average molecular weight is 232 g/mol. The van der Waals surface area contributed by atoms with Crippen molar-refractivity contribution in [3.05, 3.63) is 30.3 Å². The van der Waals surface area contributed by atoms with Gasteiger partial charge in [-0.25, -0.2) is 0 Å². The fourth-order valence-electron chi connectivity index (χ4n) is 2.11. The summed E-state index contributed by atoms with van der Waals surface area (Å²) in [5, 5.41) is 3.09. The number of hydrogen-bond acceptors (Lipinski definition) is 2. The van der Waals surface area contributed by atoms with Crippen LogP contribution in [0.15, 0.2) is 35.3 Å². The molecule has 2 rings (SSSR count). The van der Waals surface area contributed by atoms with Crippen molar-refractivity contribution in [1.29, 1.82) is 0 Å². The predicted molar refractivity (Wildman–Crippen MR) is 72.2 cm³/mol. The van der Waals surface area contributed by atoms with Gasteiger partial charge in [-0.3, -0.25) is 4.99 Å². The molecule has 0 amide bonds. The molecule has 1 heterocycles. The maximum absolute atomic E-state index is 5.84. The van der Waals surface area contributed by atoms with Crippen molar-refractivity contribution in [1.82, 2.24) is 4.90 Å². The van der Waals surface area contributed by atoms with Crippen LogP contribution in [0.4, 0.5) is 5.69 Å². The van der Waals surface area contributed by atoms with Gasteiger partial charge in [-0.2, -0.15) is 0 Å². The van der Waals surface area contributed by atoms with Crippen LogP contribution >= 0.6 is 0 Å². The van der Waals surface area contributed by atoms with E-state index in [2.05, 4.69) is 22.3 Å². The van der Waals surface area contributed by atoms with Gasteiger partial charge in [0.05, 0.1) is 0 Å². The van der Waals surface area contributed by atoms with E-state index in [0.29, 0.717) is 11.9 Å². The highest BCUT2D eigenvalue weighted by Crippen LogP contribution is 2.14. The summed E-state index contributed by atoms with van der Waals surface area (Å²) in [6.45, 7) is 3.12. The van der Waals surface area contributed by atoms with Crippen LogP contribution in [0.1, 0.15) is 6.42 Å². The first-order chi connectivity index (χ1) is 8.24. The molecule has 1 aromatic carbocycles. The molecule has 0 saturated carbocycles. The second-order valence-electron chi connectivity index (χ2n) is 4.63. The van der Waals surface area contributed by atoms with Crippen LogP contribution < -0.4 is 11.1 Å². The smallest absolute Gasteiger partial charge is 0.193 e. The van der Waals surface area contributed by atoms with Crippen LogP contribution in [-0.2, 0) is 0 Å². The fourth-order valence-corrected chi connectivity index (χ4v) is 2.11. The number of nitrogens with two attached hydrogens (primary N) is 1. The third-order valence-corrected chi connectivity index (χ3v) is 3.05. The number of benzene rings is 1. The van der Waals surface area contributed by atoms with Gasteiger partial charge in [-0.15, -0.1) is 0 Å². The minimum atomic E-state index is 0.505. The zero-order valence-electron chi connectivity index (χ0n) is 10.3. The maximum atomic E-state index is 5.84. The number of nitrogens with zero attached hydrogens (tertiary/aromatic N) is 2. The summed E-state index contributed by atoms with van der Waals surface area (Å²) in [6.07, 6.45) is 1.22. The first kappa shape index (κ1) is 11.9. The molecular formula is C13H20N4. The summed E-state index contributed by atoms with van der Waals surface area (Å²) in [7, 11) is 2.15. The minimum Gasteiger partial charge on any atom is -0.370 e. The Kier molecular flexibility index (Phi) is 3.98. The highest BCUT2D eigenvalue weighted by molar-refractivity contribution is 5.92. The van der Waals surface area contributed by atoms with E-state index >= 15 is 0 Å². The Hall–Kier alpha value is -1.55. The number of hydrogen-bond donors (Lipinski definition) is 2. The lowest BCUT2D eigenvalue weighted by atomic mass is 10.1. The van der Waals surface area contributed by atoms with Crippen LogP contribution in [0.5, 0.6) is 0 Å². The van der Waals surface area contributed by atoms with Gasteiger partial charge >= 0.3 is 0 Å². The number of para-hydroxylation sites is 1. The van der Waals surface area contributed by atoms with Crippen LogP contribution in [0.2, 0.25) is 0 Å². The second-order valence-corrected chi connectivity index (χ2v) is 4.63. The molecule has 0 aromatic heterocycles. The van der Waals surface area contributed by atoms with E-state index in [9.17, 15) is 0 Å². The van der Waals surface area contributed by atoms with Crippen molar-refractivity contribution < 1.29 is 0 Å². The molecular weight excluding hydrogens is 212 g/mol. The molecule has 1 saturated heterocycles. The van der Waals surface area contributed by atoms with Gasteiger partial charge in [0.25, 0.3) is 0 Å². The van der Waals surface area contributed by atoms with Crippen LogP contribution in [0.3, 0.4) is 0 Å². The zero-order valence-corrected chi connectivity index (χ0v) is 10.3. The Morgan fingerprint density at radius 1 is 1.47 bits per heavy atom. The summed E-state index contributed by atoms with van der Waals surface area (Å²) in [5.41, 5.74) is 6.83. The number of anilines is 1. The van der Waals surface area contributed by atoms with E-state index in [-0.39, 0.29) is 0 Å². The van der Waals surface area contributed by atoms with E-state index in [1.54, 1.807) is 0 Å². The van der Waals surface area contributed by atoms with Crippen LogP contribution in [-0.4, -0.2) is 37.5 Å². The number of guanidine groups is 1. The van der Waals surface area contributed by atoms with Gasteiger partial charge in [0, 0.05) is 18.8 Å². The number of nitrogens with one attached hydrogen (secondary N) is 1. The fraction of sp³-hybridized carbons (Fsp3) is 0.462. The monoisotopic (exact) mass is 232 g/mol. The second kappa shape index (κ2) is 5.68. The largest absolute Gasteiger partial charge is 0.370 e. The van der Waals surface area contributed by atoms with Crippen LogP contribution in [0, 0.1) is 5.92 Å². The Labute approximate surface area is 103 Å². The Morgan fingerprint density at radius 3 is 2.88 bits per heavy atom. The minimum absolute atomic E-state index is 0.505. The van der Waals surface area contributed by atoms with E-state index in [4.69, 9.17) is 5.73 Å². The Morgan fingerprint density at radius 2 is 2.24 bits per heavy atom. The van der Waals surface area contributed by atoms with E-state index in [1.807, 2.05) is 30.3 Å². The van der Waals surface area contributed by atoms with E-state index in [1.165, 1.54) is 13.0 Å². The van der Waals surface area contributed by atoms with Crippen molar-refractivity contribution >= 4 is 11.6 Å². The van der Waals surface area contributed by atoms with Crippen molar-refractivity contribution in [2.75, 3.05) is 32.0 Å². The molecule has 0 radical (unpaired) electrons. The molecule has 92 valence electrons. The average Bonchev–Trinajstić information content (AvgIpc) is 2.74. The van der Waals surface area contributed by atoms with Gasteiger partial charge < -0.3 is 16.0 Å². The molecule has 1 aliphatic heterocycles. The Bertz CT molecular complexity index is 374. The van der Waals surface area contributed by atoms with E-state index < -0.39 is 0 Å². The molecule has 0 bridgehead atoms. The van der Waals surface area contributed by atoms with Crippen molar-refractivity contribution in [3.63, 3.8) is 0 Å². The maximum Gasteiger partial charge on any atom is 0.193 e. The quantitative estimate of drug-likeness (QED) is 0.611. The van der Waals surface area contributed by atoms with Crippen LogP contribution in [0.25, 0.3) is 0 Å². The third kappa shape index (κ3) is 3.75. The molecule has 3 N–H and O–H groups in total. The standard InChI is InChI=1S/C13H20N4/c1-17-8-7-11(10-17)9-15-13(14)16-12-5-3-2-4-6-12/h2-6,11H,7-10H2,1H3,(H3,14,15,16)/t11-/m1/s1. The highest BCUT2D eigenvalue weighted by Gasteiger charge is 2.18. The van der Waals surface area contributed by atoms with Crippen molar-refractivity contribution in [2.45, 2.75) is 6.42 Å². The SMILES string of the molecule is CN1CC[C@H](CN=C(N)Nc2ccccc2)C1. The lowest BCUT2D eigenvalue weighted by Gasteiger charge is -2.09. The van der Waals surface area contributed by atoms with Gasteiger partial charge in [-0.05, 0) is 38.1 Å². The lowest BCUT2D eigenvalue weighted by molar-refractivity contribution is 0.397. The first-order valence-electron chi connectivity index (χ1n) is 6.04. The molecule has 17 heavy (non-hydrogen) atoms. The Balaban J connectivity index is 1.81. The molecule has 4 heteroatoms. The third-order valence-electron chi connectivity index (χ3n) is 3.05. The van der Waals surface area contributed by atoms with Gasteiger partial charge in [0.2, 0.25) is 0 Å². The van der Waals surface area contributed by atoms with Crippen molar-refractivity contribution in [2.24, 2.45) is 16.6 Å². The summed E-state index contributed by atoms with van der Waals surface area (Å²) < 4.78 is 0. The van der Waals surface area contributed by atoms with Gasteiger partial charge in [0.1, 0.15) is 0 Å². The molecule has 1 atom stereocenters. The summed E-state index contributed by atoms with van der Waals surface area (Å²) in [5.74, 6) is 1.15. The zero-order chi connectivity index (χ0) is 12.1. The summed E-state index contributed by atoms with van der Waals surface area (Å²) in [4.78, 5) is 6.73. The van der Waals surface area contributed by atoms with E-state index in [0.717, 1.165) is 18.8 Å². The topological polar surface area (TPSA) is 53.6 Å². The van der Waals surface area contributed by atoms with Gasteiger partial charge in [-0.1, -0.05) is 18.2 Å². The number of rotatable bonds is 3. The van der Waals surface area contributed by atoms with Crippen molar-refractivity contribution in [3.8, 4) is 0 Å². The lowest BCUT2D eigenvalue weighted by Crippen LogP contribution is -2.24. The molecule has 0 spiro atoms. The number of aliphatic imine (C=N–C) groups is 1. The first-order valence-corrected chi connectivity index (χ1v) is 6.04. The summed E-state index contributed by atoms with van der Waals surface area (Å²) >= 11 is 0. The molecule has 0 aliphatic carbocycles. The highest BCUT2D eigenvalue weighted by atomic mass is 15.1. The normalized spacial score (nSPS) is 21.7. The molecule has 0 unspecified atom stereocenters. The number of likely N-dealkylation sites (tertiary alicyclic amines) is 1. The molecule has 1 aromatic rings.